The number of carbonyl (C=O) groups is 1. The number of benzene rings is 2. The summed E-state index contributed by atoms with van der Waals surface area (Å²) in [5.41, 5.74) is 4.10. The topological polar surface area (TPSA) is 75.7 Å². The van der Waals surface area contributed by atoms with Gasteiger partial charge in [0.25, 0.3) is 15.9 Å². The van der Waals surface area contributed by atoms with Gasteiger partial charge in [0.1, 0.15) is 0 Å². The summed E-state index contributed by atoms with van der Waals surface area (Å²) in [6.07, 6.45) is 0. The van der Waals surface area contributed by atoms with Crippen LogP contribution in [0.15, 0.2) is 35.2 Å². The van der Waals surface area contributed by atoms with Gasteiger partial charge < -0.3 is 0 Å². The Bertz CT molecular complexity index is 909. The van der Waals surface area contributed by atoms with Gasteiger partial charge in [-0.3, -0.25) is 14.4 Å². The molecule has 0 unspecified atom stereocenters. The molecule has 0 bridgehead atoms. The lowest BCUT2D eigenvalue weighted by molar-refractivity contribution is -0.0756. The van der Waals surface area contributed by atoms with E-state index in [4.69, 9.17) is 4.84 Å². The van der Waals surface area contributed by atoms with Gasteiger partial charge in [0.05, 0.1) is 12.0 Å². The molecule has 0 radical (unpaired) electrons. The summed E-state index contributed by atoms with van der Waals surface area (Å²) in [6.45, 7) is 7.40. The average molecular weight is 376 g/mol. The molecule has 2 aromatic rings. The fourth-order valence-electron chi connectivity index (χ4n) is 2.74. The number of hydroxylamine groups is 2. The number of sulfonamides is 1. The lowest BCUT2D eigenvalue weighted by Gasteiger charge is -2.17. The second-order valence-electron chi connectivity index (χ2n) is 6.26. The Balaban J connectivity index is 2.36. The zero-order valence-corrected chi connectivity index (χ0v) is 16.7. The van der Waals surface area contributed by atoms with Crippen molar-refractivity contribution in [2.24, 2.45) is 0 Å². The van der Waals surface area contributed by atoms with Crippen molar-refractivity contribution in [2.45, 2.75) is 32.6 Å². The molecule has 140 valence electrons. The Kier molecular flexibility index (Phi) is 5.73. The van der Waals surface area contributed by atoms with Crippen molar-refractivity contribution in [3.63, 3.8) is 0 Å². The zero-order valence-electron chi connectivity index (χ0n) is 15.9. The quantitative estimate of drug-likeness (QED) is 0.812. The number of nitrogens with zero attached hydrogens (tertiary/aromatic N) is 1. The maximum absolute atomic E-state index is 12.9. The highest BCUT2D eigenvalue weighted by atomic mass is 32.2. The molecule has 0 aliphatic carbocycles. The summed E-state index contributed by atoms with van der Waals surface area (Å²) >= 11 is 0. The van der Waals surface area contributed by atoms with Crippen molar-refractivity contribution in [3.8, 4) is 0 Å². The third-order valence-corrected chi connectivity index (χ3v) is 6.16. The van der Waals surface area contributed by atoms with Crippen LogP contribution < -0.4 is 4.72 Å². The minimum Gasteiger partial charge on any atom is -0.280 e. The number of nitrogens with one attached hydrogen (secondary N) is 1. The highest BCUT2D eigenvalue weighted by Crippen LogP contribution is 2.28. The summed E-state index contributed by atoms with van der Waals surface area (Å²) in [5, 5.41) is 1.10. The van der Waals surface area contributed by atoms with Crippen LogP contribution in [0.4, 0.5) is 5.69 Å². The van der Waals surface area contributed by atoms with Crippen LogP contribution in [-0.2, 0) is 14.9 Å². The number of hydrogen-bond acceptors (Lipinski definition) is 4. The Morgan fingerprint density at radius 3 is 1.96 bits per heavy atom. The van der Waals surface area contributed by atoms with Crippen LogP contribution in [-0.4, -0.2) is 33.5 Å². The molecule has 6 nitrogen and oxygen atoms in total. The minimum absolute atomic E-state index is 0.300. The van der Waals surface area contributed by atoms with E-state index in [0.29, 0.717) is 16.1 Å². The Morgan fingerprint density at radius 1 is 1.00 bits per heavy atom. The van der Waals surface area contributed by atoms with Crippen molar-refractivity contribution < 1.29 is 18.0 Å². The van der Waals surface area contributed by atoms with Gasteiger partial charge in [0.15, 0.2) is 0 Å². The van der Waals surface area contributed by atoms with Crippen LogP contribution in [0.25, 0.3) is 0 Å². The summed E-state index contributed by atoms with van der Waals surface area (Å²) in [5.74, 6) is -0.317. The molecule has 2 rings (SSSR count). The first-order valence-corrected chi connectivity index (χ1v) is 9.59. The normalized spacial score (nSPS) is 11.3. The Morgan fingerprint density at radius 2 is 1.50 bits per heavy atom. The Hall–Kier alpha value is -2.38. The smallest absolute Gasteiger partial charge is 0.277 e. The van der Waals surface area contributed by atoms with E-state index in [-0.39, 0.29) is 5.91 Å². The number of aryl methyl sites for hydroxylation is 2. The van der Waals surface area contributed by atoms with Gasteiger partial charge in [0, 0.05) is 18.3 Å². The van der Waals surface area contributed by atoms with Crippen molar-refractivity contribution in [2.75, 3.05) is 18.9 Å². The monoisotopic (exact) mass is 376 g/mol. The van der Waals surface area contributed by atoms with Crippen molar-refractivity contribution in [1.82, 2.24) is 5.06 Å². The second kappa shape index (κ2) is 7.47. The summed E-state index contributed by atoms with van der Waals surface area (Å²) in [6, 6.07) is 8.20. The fraction of sp³-hybridized carbons (Fsp3) is 0.316. The Labute approximate surface area is 154 Å². The van der Waals surface area contributed by atoms with Gasteiger partial charge in [-0.25, -0.2) is 13.5 Å². The second-order valence-corrected chi connectivity index (χ2v) is 7.88. The molecule has 2 aromatic carbocycles. The highest BCUT2D eigenvalue weighted by molar-refractivity contribution is 7.92. The highest BCUT2D eigenvalue weighted by Gasteiger charge is 2.22. The van der Waals surface area contributed by atoms with E-state index in [9.17, 15) is 13.2 Å². The predicted octanol–water partition coefficient (Wildman–Crippen LogP) is 3.35. The van der Waals surface area contributed by atoms with Crippen LogP contribution in [0.1, 0.15) is 32.6 Å². The van der Waals surface area contributed by atoms with E-state index < -0.39 is 10.0 Å². The lowest BCUT2D eigenvalue weighted by atomic mass is 10.0. The van der Waals surface area contributed by atoms with E-state index in [0.717, 1.165) is 27.3 Å². The first-order chi connectivity index (χ1) is 12.1. The molecule has 0 spiro atoms. The maximum atomic E-state index is 12.9. The molecule has 7 heteroatoms. The molecular weight excluding hydrogens is 352 g/mol. The van der Waals surface area contributed by atoms with Crippen LogP contribution >= 0.6 is 0 Å². The number of carbonyl (C=O) groups excluding carboxylic acids is 1. The number of anilines is 1. The van der Waals surface area contributed by atoms with Crippen LogP contribution in [0.5, 0.6) is 0 Å². The van der Waals surface area contributed by atoms with Gasteiger partial charge in [-0.2, -0.15) is 0 Å². The lowest BCUT2D eigenvalue weighted by Crippen LogP contribution is -2.25. The predicted molar refractivity (Wildman–Crippen MR) is 102 cm³/mol. The van der Waals surface area contributed by atoms with E-state index in [1.807, 2.05) is 19.9 Å². The van der Waals surface area contributed by atoms with E-state index in [1.54, 1.807) is 38.1 Å². The van der Waals surface area contributed by atoms with Crippen molar-refractivity contribution >= 4 is 21.6 Å². The third kappa shape index (κ3) is 3.89. The SMILES string of the molecule is CON(C)C(=O)c1ccc(NS(=O)(=O)c2c(C)c(C)cc(C)c2C)cc1. The molecule has 0 aliphatic heterocycles. The molecule has 0 heterocycles. The van der Waals surface area contributed by atoms with E-state index in [2.05, 4.69) is 4.72 Å². The first-order valence-electron chi connectivity index (χ1n) is 8.11. The average Bonchev–Trinajstić information content (AvgIpc) is 2.59. The van der Waals surface area contributed by atoms with Crippen LogP contribution in [0, 0.1) is 27.7 Å². The molecule has 0 aromatic heterocycles. The molecule has 1 N–H and O–H groups in total. The van der Waals surface area contributed by atoms with Gasteiger partial charge in [-0.05, 0) is 74.2 Å². The molecule has 1 amide bonds. The summed E-state index contributed by atoms with van der Waals surface area (Å²) < 4.78 is 28.4. The molecular formula is C19H24N2O4S. The molecule has 0 fully saturated rings. The van der Waals surface area contributed by atoms with Gasteiger partial charge >= 0.3 is 0 Å². The third-order valence-electron chi connectivity index (χ3n) is 4.51. The van der Waals surface area contributed by atoms with Gasteiger partial charge in [-0.15, -0.1) is 0 Å². The maximum Gasteiger partial charge on any atom is 0.277 e. The van der Waals surface area contributed by atoms with Gasteiger partial charge in [-0.1, -0.05) is 6.07 Å². The number of rotatable bonds is 5. The molecule has 0 aliphatic rings. The van der Waals surface area contributed by atoms with E-state index >= 15 is 0 Å². The number of hydrogen-bond donors (Lipinski definition) is 1. The molecule has 0 saturated carbocycles. The van der Waals surface area contributed by atoms with Crippen molar-refractivity contribution in [1.29, 1.82) is 0 Å². The zero-order chi connectivity index (χ0) is 19.6. The van der Waals surface area contributed by atoms with Crippen LogP contribution in [0.2, 0.25) is 0 Å². The summed E-state index contributed by atoms with van der Waals surface area (Å²) in [4.78, 5) is 17.2. The summed E-state index contributed by atoms with van der Waals surface area (Å²) in [7, 11) is -0.842. The molecule has 0 atom stereocenters. The largest absolute Gasteiger partial charge is 0.280 e. The standard InChI is InChI=1S/C19H24N2O4S/c1-12-11-13(2)15(4)18(14(12)3)26(23,24)20-17-9-7-16(8-10-17)19(22)21(5)25-6/h7-11,20H,1-6H3. The number of amides is 1. The first kappa shape index (κ1) is 19.9. The molecule has 0 saturated heterocycles. The fourth-order valence-corrected chi connectivity index (χ4v) is 4.41. The van der Waals surface area contributed by atoms with E-state index in [1.165, 1.54) is 14.2 Å². The molecule has 26 heavy (non-hydrogen) atoms. The van der Waals surface area contributed by atoms with Crippen LogP contribution in [0.3, 0.4) is 0 Å². The van der Waals surface area contributed by atoms with Gasteiger partial charge in [0.2, 0.25) is 0 Å². The minimum atomic E-state index is -3.74. The van der Waals surface area contributed by atoms with Crippen molar-refractivity contribution in [3.05, 3.63) is 58.1 Å².